The summed E-state index contributed by atoms with van der Waals surface area (Å²) in [4.78, 5) is 26.4. The van der Waals surface area contributed by atoms with E-state index in [2.05, 4.69) is 10.2 Å². The zero-order chi connectivity index (χ0) is 15.5. The van der Waals surface area contributed by atoms with E-state index in [0.29, 0.717) is 19.0 Å². The smallest absolute Gasteiger partial charge is 0.225 e. The lowest BCUT2D eigenvalue weighted by atomic mass is 9.78. The van der Waals surface area contributed by atoms with Gasteiger partial charge in [0.15, 0.2) is 0 Å². The Morgan fingerprint density at radius 2 is 1.76 bits per heavy atom. The molecule has 2 fully saturated rings. The molecule has 1 aliphatic carbocycles. The van der Waals surface area contributed by atoms with E-state index in [1.54, 1.807) is 0 Å². The van der Waals surface area contributed by atoms with Crippen molar-refractivity contribution in [2.24, 2.45) is 11.3 Å². The number of rotatable bonds is 3. The van der Waals surface area contributed by atoms with Crippen LogP contribution in [0.3, 0.4) is 0 Å². The van der Waals surface area contributed by atoms with Crippen molar-refractivity contribution in [3.05, 3.63) is 0 Å². The van der Waals surface area contributed by atoms with Gasteiger partial charge in [0, 0.05) is 31.0 Å². The largest absolute Gasteiger partial charge is 0.355 e. The number of carbonyl (C=O) groups is 2. The highest BCUT2D eigenvalue weighted by molar-refractivity contribution is 5.82. The van der Waals surface area contributed by atoms with E-state index in [9.17, 15) is 9.59 Å². The highest BCUT2D eigenvalue weighted by Gasteiger charge is 2.35. The monoisotopic (exact) mass is 294 g/mol. The summed E-state index contributed by atoms with van der Waals surface area (Å²) < 4.78 is 0. The molecule has 1 aliphatic heterocycles. The summed E-state index contributed by atoms with van der Waals surface area (Å²) in [5.41, 5.74) is -0.386. The van der Waals surface area contributed by atoms with Crippen molar-refractivity contribution in [2.75, 3.05) is 13.1 Å². The average Bonchev–Trinajstić information content (AvgIpc) is 2.45. The van der Waals surface area contributed by atoms with Crippen LogP contribution >= 0.6 is 0 Å². The van der Waals surface area contributed by atoms with E-state index in [-0.39, 0.29) is 17.2 Å². The SMILES string of the molecule is CC(C)(C)C(=O)NCCC(=O)N1CCCC2CCCCC21. The third-order valence-electron chi connectivity index (χ3n) is 4.87. The molecule has 1 saturated heterocycles. The maximum Gasteiger partial charge on any atom is 0.225 e. The van der Waals surface area contributed by atoms with Gasteiger partial charge in [0.1, 0.15) is 0 Å². The van der Waals surface area contributed by atoms with Crippen molar-refractivity contribution >= 4 is 11.8 Å². The third-order valence-corrected chi connectivity index (χ3v) is 4.87. The zero-order valence-corrected chi connectivity index (χ0v) is 13.8. The molecule has 0 radical (unpaired) electrons. The Morgan fingerprint density at radius 3 is 2.48 bits per heavy atom. The Bertz CT molecular complexity index is 385. The molecule has 2 rings (SSSR count). The normalized spacial score (nSPS) is 26.1. The van der Waals surface area contributed by atoms with Gasteiger partial charge in [0.05, 0.1) is 0 Å². The van der Waals surface area contributed by atoms with Gasteiger partial charge in [0.2, 0.25) is 11.8 Å². The number of nitrogens with one attached hydrogen (secondary N) is 1. The van der Waals surface area contributed by atoms with Crippen molar-refractivity contribution in [1.82, 2.24) is 10.2 Å². The van der Waals surface area contributed by atoms with Gasteiger partial charge in [0.25, 0.3) is 0 Å². The van der Waals surface area contributed by atoms with Crippen LogP contribution in [0.5, 0.6) is 0 Å². The summed E-state index contributed by atoms with van der Waals surface area (Å²) in [6.45, 7) is 7.04. The van der Waals surface area contributed by atoms with Gasteiger partial charge in [-0.05, 0) is 31.6 Å². The number of hydrogen-bond acceptors (Lipinski definition) is 2. The summed E-state index contributed by atoms with van der Waals surface area (Å²) in [6.07, 6.45) is 7.90. The molecular weight excluding hydrogens is 264 g/mol. The first kappa shape index (κ1) is 16.3. The summed E-state index contributed by atoms with van der Waals surface area (Å²) in [5, 5.41) is 2.88. The van der Waals surface area contributed by atoms with E-state index < -0.39 is 0 Å². The lowest BCUT2D eigenvalue weighted by Crippen LogP contribution is -2.50. The van der Waals surface area contributed by atoms with Crippen molar-refractivity contribution in [1.29, 1.82) is 0 Å². The fraction of sp³-hybridized carbons (Fsp3) is 0.882. The first-order chi connectivity index (χ1) is 9.89. The molecule has 0 aromatic heterocycles. The average molecular weight is 294 g/mol. The standard InChI is InChI=1S/C17H30N2O2/c1-17(2,3)16(21)18-11-10-15(20)19-12-6-8-13-7-4-5-9-14(13)19/h13-14H,4-12H2,1-3H3,(H,18,21). The van der Waals surface area contributed by atoms with Crippen LogP contribution in [0.25, 0.3) is 0 Å². The highest BCUT2D eigenvalue weighted by Crippen LogP contribution is 2.35. The molecule has 1 heterocycles. The van der Waals surface area contributed by atoms with E-state index in [0.717, 1.165) is 18.9 Å². The zero-order valence-electron chi connectivity index (χ0n) is 13.8. The Balaban J connectivity index is 1.81. The van der Waals surface area contributed by atoms with E-state index >= 15 is 0 Å². The molecule has 1 saturated carbocycles. The van der Waals surface area contributed by atoms with Crippen LogP contribution in [0.15, 0.2) is 0 Å². The van der Waals surface area contributed by atoms with Gasteiger partial charge in [-0.3, -0.25) is 9.59 Å². The fourth-order valence-corrected chi connectivity index (χ4v) is 3.63. The molecular formula is C17H30N2O2. The van der Waals surface area contributed by atoms with E-state index in [1.165, 1.54) is 32.1 Å². The molecule has 4 nitrogen and oxygen atoms in total. The fourth-order valence-electron chi connectivity index (χ4n) is 3.63. The molecule has 0 aromatic carbocycles. The second kappa shape index (κ2) is 6.80. The Kier molecular flexibility index (Phi) is 5.28. The first-order valence-electron chi connectivity index (χ1n) is 8.47. The third kappa shape index (κ3) is 4.21. The molecule has 0 bridgehead atoms. The number of nitrogens with zero attached hydrogens (tertiary/aromatic N) is 1. The first-order valence-corrected chi connectivity index (χ1v) is 8.47. The predicted molar refractivity (Wildman–Crippen MR) is 83.8 cm³/mol. The van der Waals surface area contributed by atoms with Crippen LogP contribution in [0.1, 0.15) is 65.7 Å². The van der Waals surface area contributed by atoms with Gasteiger partial charge >= 0.3 is 0 Å². The maximum absolute atomic E-state index is 12.5. The van der Waals surface area contributed by atoms with Crippen LogP contribution in [0.2, 0.25) is 0 Å². The van der Waals surface area contributed by atoms with Crippen molar-refractivity contribution in [3.63, 3.8) is 0 Å². The summed E-state index contributed by atoms with van der Waals surface area (Å²) in [6, 6.07) is 0.471. The van der Waals surface area contributed by atoms with Crippen molar-refractivity contribution in [2.45, 2.75) is 71.8 Å². The van der Waals surface area contributed by atoms with Gasteiger partial charge < -0.3 is 10.2 Å². The molecule has 2 unspecified atom stereocenters. The van der Waals surface area contributed by atoms with Crippen LogP contribution in [-0.2, 0) is 9.59 Å². The Labute approximate surface area is 128 Å². The van der Waals surface area contributed by atoms with Crippen molar-refractivity contribution in [3.8, 4) is 0 Å². The van der Waals surface area contributed by atoms with Crippen LogP contribution in [0, 0.1) is 11.3 Å². The number of likely N-dealkylation sites (tertiary alicyclic amines) is 1. The molecule has 2 atom stereocenters. The second-order valence-electron chi connectivity index (χ2n) is 7.60. The van der Waals surface area contributed by atoms with Gasteiger partial charge in [-0.25, -0.2) is 0 Å². The minimum absolute atomic E-state index is 0.0180. The van der Waals surface area contributed by atoms with Crippen LogP contribution in [-0.4, -0.2) is 35.8 Å². The number of hydrogen-bond donors (Lipinski definition) is 1. The van der Waals surface area contributed by atoms with Crippen LogP contribution in [0.4, 0.5) is 0 Å². The molecule has 120 valence electrons. The second-order valence-corrected chi connectivity index (χ2v) is 7.60. The molecule has 21 heavy (non-hydrogen) atoms. The maximum atomic E-state index is 12.5. The summed E-state index contributed by atoms with van der Waals surface area (Å²) in [5.74, 6) is 0.964. The lowest BCUT2D eigenvalue weighted by molar-refractivity contribution is -0.137. The number of piperidine rings is 1. The van der Waals surface area contributed by atoms with Crippen LogP contribution < -0.4 is 5.32 Å². The van der Waals surface area contributed by atoms with Gasteiger partial charge in [-0.2, -0.15) is 0 Å². The molecule has 1 N–H and O–H groups in total. The van der Waals surface area contributed by atoms with E-state index in [1.807, 2.05) is 20.8 Å². The molecule has 2 aliphatic rings. The number of amides is 2. The molecule has 2 amide bonds. The molecule has 4 heteroatoms. The quantitative estimate of drug-likeness (QED) is 0.870. The topological polar surface area (TPSA) is 49.4 Å². The molecule has 0 spiro atoms. The van der Waals surface area contributed by atoms with Crippen molar-refractivity contribution < 1.29 is 9.59 Å². The predicted octanol–water partition coefficient (Wildman–Crippen LogP) is 2.72. The Hall–Kier alpha value is -1.06. The summed E-state index contributed by atoms with van der Waals surface area (Å²) in [7, 11) is 0. The lowest BCUT2D eigenvalue weighted by Gasteiger charge is -2.44. The summed E-state index contributed by atoms with van der Waals surface area (Å²) >= 11 is 0. The number of fused-ring (bicyclic) bond motifs is 1. The number of carbonyl (C=O) groups excluding carboxylic acids is 2. The highest BCUT2D eigenvalue weighted by atomic mass is 16.2. The molecule has 0 aromatic rings. The van der Waals surface area contributed by atoms with E-state index in [4.69, 9.17) is 0 Å². The minimum Gasteiger partial charge on any atom is -0.355 e. The minimum atomic E-state index is -0.386. The van der Waals surface area contributed by atoms with Gasteiger partial charge in [-0.1, -0.05) is 33.6 Å². The Morgan fingerprint density at radius 1 is 1.10 bits per heavy atom. The van der Waals surface area contributed by atoms with Gasteiger partial charge in [-0.15, -0.1) is 0 Å².